The SMILES string of the molecule is O=P1(CCl)OCCO1. The van der Waals surface area contributed by atoms with Crippen LogP contribution < -0.4 is 0 Å². The Hall–Kier alpha value is 0.440. The molecule has 8 heavy (non-hydrogen) atoms. The Kier molecular flexibility index (Phi) is 1.93. The smallest absolute Gasteiger partial charge is 0.305 e. The lowest BCUT2D eigenvalue weighted by Gasteiger charge is -2.01. The maximum absolute atomic E-state index is 10.8. The van der Waals surface area contributed by atoms with Gasteiger partial charge in [0.1, 0.15) is 5.62 Å². The quantitative estimate of drug-likeness (QED) is 0.426. The van der Waals surface area contributed by atoms with E-state index in [4.69, 9.17) is 20.6 Å². The standard InChI is InChI=1S/C3H6ClO3P/c4-3-8(5)6-1-2-7-8/h1-3H2. The lowest BCUT2D eigenvalue weighted by Crippen LogP contribution is -1.79. The van der Waals surface area contributed by atoms with E-state index in [0.29, 0.717) is 13.2 Å². The minimum absolute atomic E-state index is 0.0347. The summed E-state index contributed by atoms with van der Waals surface area (Å²) in [6.45, 7) is 0.813. The molecule has 0 bridgehead atoms. The highest BCUT2D eigenvalue weighted by atomic mass is 35.5. The van der Waals surface area contributed by atoms with Crippen LogP contribution in [0.5, 0.6) is 0 Å². The van der Waals surface area contributed by atoms with Gasteiger partial charge in [-0.3, -0.25) is 4.57 Å². The molecule has 1 heterocycles. The van der Waals surface area contributed by atoms with Gasteiger partial charge < -0.3 is 9.05 Å². The third-order valence-electron chi connectivity index (χ3n) is 0.806. The van der Waals surface area contributed by atoms with E-state index in [1.54, 1.807) is 0 Å². The molecule has 0 saturated carbocycles. The number of alkyl halides is 1. The van der Waals surface area contributed by atoms with Crippen molar-refractivity contribution in [2.75, 3.05) is 18.8 Å². The van der Waals surface area contributed by atoms with Crippen molar-refractivity contribution in [2.45, 2.75) is 0 Å². The molecule has 1 aliphatic rings. The highest BCUT2D eigenvalue weighted by Gasteiger charge is 2.28. The molecule has 0 aliphatic carbocycles. The molecule has 0 unspecified atom stereocenters. The first-order valence-electron chi connectivity index (χ1n) is 2.21. The summed E-state index contributed by atoms with van der Waals surface area (Å²) in [5.74, 6) is 0. The molecule has 1 saturated heterocycles. The second-order valence-electron chi connectivity index (χ2n) is 1.40. The molecule has 1 rings (SSSR count). The van der Waals surface area contributed by atoms with Crippen LogP contribution in [0.15, 0.2) is 0 Å². The molecular weight excluding hydrogens is 150 g/mol. The minimum Gasteiger partial charge on any atom is -0.305 e. The Morgan fingerprint density at radius 3 is 2.25 bits per heavy atom. The Labute approximate surface area is 52.5 Å². The van der Waals surface area contributed by atoms with E-state index in [1.165, 1.54) is 0 Å². The minimum atomic E-state index is -2.79. The molecule has 0 aromatic heterocycles. The van der Waals surface area contributed by atoms with Crippen LogP contribution in [0, 0.1) is 0 Å². The van der Waals surface area contributed by atoms with E-state index in [1.807, 2.05) is 0 Å². The first-order valence-corrected chi connectivity index (χ1v) is 4.47. The molecule has 0 aromatic rings. The monoisotopic (exact) mass is 156 g/mol. The maximum atomic E-state index is 10.8. The van der Waals surface area contributed by atoms with Gasteiger partial charge in [0, 0.05) is 0 Å². The van der Waals surface area contributed by atoms with Gasteiger partial charge in [-0.2, -0.15) is 0 Å². The van der Waals surface area contributed by atoms with Crippen molar-refractivity contribution >= 4 is 19.2 Å². The van der Waals surface area contributed by atoms with Crippen LogP contribution in [0.2, 0.25) is 0 Å². The summed E-state index contributed by atoms with van der Waals surface area (Å²) < 4.78 is 20.2. The zero-order valence-electron chi connectivity index (χ0n) is 4.17. The van der Waals surface area contributed by atoms with E-state index in [-0.39, 0.29) is 5.62 Å². The number of halogens is 1. The van der Waals surface area contributed by atoms with Crippen LogP contribution >= 0.6 is 19.2 Å². The molecule has 1 fully saturated rings. The first-order chi connectivity index (χ1) is 3.77. The van der Waals surface area contributed by atoms with Crippen molar-refractivity contribution in [1.29, 1.82) is 0 Å². The summed E-state index contributed by atoms with van der Waals surface area (Å²) >= 11 is 5.24. The largest absolute Gasteiger partial charge is 0.345 e. The molecule has 0 atom stereocenters. The van der Waals surface area contributed by atoms with Crippen LogP contribution in [-0.2, 0) is 13.6 Å². The lowest BCUT2D eigenvalue weighted by molar-refractivity contribution is 0.357. The fourth-order valence-corrected chi connectivity index (χ4v) is 1.79. The summed E-state index contributed by atoms with van der Waals surface area (Å²) in [6.07, 6.45) is 0. The predicted molar refractivity (Wildman–Crippen MR) is 30.2 cm³/mol. The second kappa shape index (κ2) is 2.36. The van der Waals surface area contributed by atoms with Crippen molar-refractivity contribution in [3.8, 4) is 0 Å². The van der Waals surface area contributed by atoms with Crippen molar-refractivity contribution < 1.29 is 13.6 Å². The highest BCUT2D eigenvalue weighted by molar-refractivity contribution is 7.55. The molecule has 0 aromatic carbocycles. The molecule has 5 heteroatoms. The van der Waals surface area contributed by atoms with Crippen LogP contribution in [0.3, 0.4) is 0 Å². The maximum Gasteiger partial charge on any atom is 0.345 e. The van der Waals surface area contributed by atoms with Crippen LogP contribution in [0.1, 0.15) is 0 Å². The van der Waals surface area contributed by atoms with Crippen molar-refractivity contribution in [3.05, 3.63) is 0 Å². The van der Waals surface area contributed by atoms with Gasteiger partial charge in [0.05, 0.1) is 13.2 Å². The highest BCUT2D eigenvalue weighted by Crippen LogP contribution is 2.52. The van der Waals surface area contributed by atoms with Crippen molar-refractivity contribution in [3.63, 3.8) is 0 Å². The normalized spacial score (nSPS) is 26.1. The first kappa shape index (κ1) is 6.56. The van der Waals surface area contributed by atoms with E-state index >= 15 is 0 Å². The van der Waals surface area contributed by atoms with Gasteiger partial charge in [-0.25, -0.2) is 0 Å². The predicted octanol–water partition coefficient (Wildman–Crippen LogP) is 1.42. The van der Waals surface area contributed by atoms with Crippen LogP contribution in [0.4, 0.5) is 0 Å². The molecule has 0 spiro atoms. The van der Waals surface area contributed by atoms with E-state index in [2.05, 4.69) is 0 Å². The van der Waals surface area contributed by atoms with Crippen molar-refractivity contribution in [1.82, 2.24) is 0 Å². The van der Waals surface area contributed by atoms with Gasteiger partial charge >= 0.3 is 7.60 Å². The number of rotatable bonds is 1. The van der Waals surface area contributed by atoms with Gasteiger partial charge in [-0.1, -0.05) is 0 Å². The van der Waals surface area contributed by atoms with E-state index < -0.39 is 7.60 Å². The second-order valence-corrected chi connectivity index (χ2v) is 4.09. The third-order valence-corrected chi connectivity index (χ3v) is 3.13. The zero-order valence-corrected chi connectivity index (χ0v) is 5.82. The Bertz CT molecular complexity index is 116. The fourth-order valence-electron chi connectivity index (χ4n) is 0.459. The van der Waals surface area contributed by atoms with Crippen LogP contribution in [0.25, 0.3) is 0 Å². The summed E-state index contributed by atoms with van der Waals surface area (Å²) in [4.78, 5) is 0. The molecule has 0 amide bonds. The molecule has 0 radical (unpaired) electrons. The summed E-state index contributed by atoms with van der Waals surface area (Å²) in [6, 6.07) is 0. The molecule has 48 valence electrons. The third kappa shape index (κ3) is 1.23. The zero-order chi connectivity index (χ0) is 6.04. The Balaban J connectivity index is 2.53. The topological polar surface area (TPSA) is 35.5 Å². The van der Waals surface area contributed by atoms with Gasteiger partial charge in [0.25, 0.3) is 0 Å². The molecule has 1 aliphatic heterocycles. The fraction of sp³-hybridized carbons (Fsp3) is 1.00. The van der Waals surface area contributed by atoms with Gasteiger partial charge in [-0.15, -0.1) is 11.6 Å². The summed E-state index contributed by atoms with van der Waals surface area (Å²) in [7, 11) is -2.79. The number of hydrogen-bond acceptors (Lipinski definition) is 3. The summed E-state index contributed by atoms with van der Waals surface area (Å²) in [5.41, 5.74) is -0.0347. The Morgan fingerprint density at radius 2 is 2.00 bits per heavy atom. The van der Waals surface area contributed by atoms with E-state index in [0.717, 1.165) is 0 Å². The van der Waals surface area contributed by atoms with Gasteiger partial charge in [0.15, 0.2) is 0 Å². The lowest BCUT2D eigenvalue weighted by atomic mass is 10.8. The van der Waals surface area contributed by atoms with Crippen LogP contribution in [-0.4, -0.2) is 18.8 Å². The van der Waals surface area contributed by atoms with Gasteiger partial charge in [0.2, 0.25) is 0 Å². The molecule has 0 N–H and O–H groups in total. The molecular formula is C3H6ClO3P. The van der Waals surface area contributed by atoms with Crippen molar-refractivity contribution in [2.24, 2.45) is 0 Å². The average molecular weight is 157 g/mol. The molecule has 3 nitrogen and oxygen atoms in total. The van der Waals surface area contributed by atoms with E-state index in [9.17, 15) is 4.57 Å². The Morgan fingerprint density at radius 1 is 1.50 bits per heavy atom. The summed E-state index contributed by atoms with van der Waals surface area (Å²) in [5, 5.41) is 0. The van der Waals surface area contributed by atoms with Gasteiger partial charge in [-0.05, 0) is 0 Å². The average Bonchev–Trinajstić information content (AvgIpc) is 2.17. The number of hydrogen-bond donors (Lipinski definition) is 0.